The fourth-order valence-electron chi connectivity index (χ4n) is 2.86. The minimum absolute atomic E-state index is 0.178. The minimum Gasteiger partial charge on any atom is -0.451 e. The van der Waals surface area contributed by atoms with Crippen molar-refractivity contribution in [2.75, 3.05) is 19.8 Å². The van der Waals surface area contributed by atoms with Gasteiger partial charge in [-0.3, -0.25) is 4.79 Å². The summed E-state index contributed by atoms with van der Waals surface area (Å²) in [7, 11) is 0. The Morgan fingerprint density at radius 1 is 1.35 bits per heavy atom. The second-order valence-corrected chi connectivity index (χ2v) is 6.14. The van der Waals surface area contributed by atoms with Crippen molar-refractivity contribution >= 4 is 16.9 Å². The van der Waals surface area contributed by atoms with Crippen molar-refractivity contribution in [2.24, 2.45) is 5.92 Å². The molecule has 3 rings (SSSR count). The van der Waals surface area contributed by atoms with Crippen LogP contribution in [0.5, 0.6) is 0 Å². The largest absolute Gasteiger partial charge is 0.451 e. The number of furan rings is 1. The average Bonchev–Trinajstić information content (AvgIpc) is 3.10. The summed E-state index contributed by atoms with van der Waals surface area (Å²) in [5, 5.41) is 3.40. The number of carbonyl (C=O) groups is 1. The van der Waals surface area contributed by atoms with Crippen molar-refractivity contribution in [3.05, 3.63) is 35.8 Å². The van der Waals surface area contributed by atoms with E-state index in [1.54, 1.807) is 6.07 Å². The first-order valence-corrected chi connectivity index (χ1v) is 7.70. The zero-order chi connectivity index (χ0) is 16.4. The monoisotopic (exact) mass is 321 g/mol. The van der Waals surface area contributed by atoms with Gasteiger partial charge in [-0.05, 0) is 37.1 Å². The number of fused-ring (bicyclic) bond motifs is 1. The Bertz CT molecular complexity index is 706. The van der Waals surface area contributed by atoms with Gasteiger partial charge in [0.25, 0.3) is 5.91 Å². The molecule has 1 aliphatic rings. The number of nitrogens with one attached hydrogen (secondary N) is 1. The molecular weight excluding hydrogens is 301 g/mol. The lowest BCUT2D eigenvalue weighted by Gasteiger charge is -2.25. The summed E-state index contributed by atoms with van der Waals surface area (Å²) in [6.07, 6.45) is 0.693. The zero-order valence-corrected chi connectivity index (χ0v) is 13.2. The summed E-state index contributed by atoms with van der Waals surface area (Å²) in [4.78, 5) is 12.2. The lowest BCUT2D eigenvalue weighted by Crippen LogP contribution is -2.34. The molecule has 2 aromatic rings. The molecule has 1 fully saturated rings. The highest BCUT2D eigenvalue weighted by Crippen LogP contribution is 2.26. The molecule has 0 bridgehead atoms. The first-order valence-electron chi connectivity index (χ1n) is 7.70. The molecule has 0 spiro atoms. The van der Waals surface area contributed by atoms with Crippen LogP contribution in [0.2, 0.25) is 0 Å². The van der Waals surface area contributed by atoms with Crippen LogP contribution in [0.4, 0.5) is 4.39 Å². The van der Waals surface area contributed by atoms with E-state index < -0.39 is 5.79 Å². The molecule has 1 aromatic heterocycles. The Morgan fingerprint density at radius 2 is 2.09 bits per heavy atom. The normalized spacial score (nSPS) is 18.2. The third kappa shape index (κ3) is 3.71. The fraction of sp³-hybridized carbons (Fsp3) is 0.471. The highest BCUT2D eigenvalue weighted by molar-refractivity contribution is 5.96. The third-order valence-corrected chi connectivity index (χ3v) is 3.93. The maximum Gasteiger partial charge on any atom is 0.287 e. The Labute approximate surface area is 133 Å². The summed E-state index contributed by atoms with van der Waals surface area (Å²) < 4.78 is 29.7. The molecule has 1 saturated heterocycles. The smallest absolute Gasteiger partial charge is 0.287 e. The van der Waals surface area contributed by atoms with E-state index in [2.05, 4.69) is 5.32 Å². The number of amides is 1. The van der Waals surface area contributed by atoms with E-state index in [1.165, 1.54) is 18.2 Å². The number of rotatable bonds is 5. The van der Waals surface area contributed by atoms with E-state index in [0.29, 0.717) is 37.1 Å². The number of benzene rings is 1. The topological polar surface area (TPSA) is 60.7 Å². The molecule has 124 valence electrons. The highest BCUT2D eigenvalue weighted by Gasteiger charge is 2.32. The molecule has 1 N–H and O–H groups in total. The number of hydrogen-bond acceptors (Lipinski definition) is 4. The SMILES string of the molecule is CC(CNC(=O)c1cc2cc(F)ccc2o1)CC1(C)OCCO1. The summed E-state index contributed by atoms with van der Waals surface area (Å²) in [6, 6.07) is 5.70. The molecule has 0 aliphatic carbocycles. The van der Waals surface area contributed by atoms with Gasteiger partial charge in [-0.2, -0.15) is 0 Å². The highest BCUT2D eigenvalue weighted by atomic mass is 19.1. The maximum absolute atomic E-state index is 13.2. The van der Waals surface area contributed by atoms with Gasteiger partial charge in [-0.15, -0.1) is 0 Å². The molecule has 23 heavy (non-hydrogen) atoms. The van der Waals surface area contributed by atoms with E-state index >= 15 is 0 Å². The number of ether oxygens (including phenoxy) is 2. The number of carbonyl (C=O) groups excluding carboxylic acids is 1. The van der Waals surface area contributed by atoms with Crippen LogP contribution in [0.25, 0.3) is 11.0 Å². The predicted octanol–water partition coefficient (Wildman–Crippen LogP) is 3.09. The van der Waals surface area contributed by atoms with Gasteiger partial charge in [-0.25, -0.2) is 4.39 Å². The molecule has 1 atom stereocenters. The van der Waals surface area contributed by atoms with Crippen LogP contribution in [0.3, 0.4) is 0 Å². The van der Waals surface area contributed by atoms with Gasteiger partial charge in [0.05, 0.1) is 13.2 Å². The molecule has 1 aliphatic heterocycles. The zero-order valence-electron chi connectivity index (χ0n) is 13.2. The van der Waals surface area contributed by atoms with Crippen LogP contribution in [0.15, 0.2) is 28.7 Å². The van der Waals surface area contributed by atoms with Gasteiger partial charge in [-0.1, -0.05) is 6.92 Å². The van der Waals surface area contributed by atoms with Gasteiger partial charge in [0.1, 0.15) is 11.4 Å². The van der Waals surface area contributed by atoms with Gasteiger partial charge in [0, 0.05) is 18.4 Å². The molecule has 0 saturated carbocycles. The van der Waals surface area contributed by atoms with E-state index in [1.807, 2.05) is 13.8 Å². The molecule has 1 unspecified atom stereocenters. The molecule has 0 radical (unpaired) electrons. The lowest BCUT2D eigenvalue weighted by atomic mass is 10.0. The third-order valence-electron chi connectivity index (χ3n) is 3.93. The summed E-state index contributed by atoms with van der Waals surface area (Å²) in [5.74, 6) is -0.877. The maximum atomic E-state index is 13.2. The molecule has 2 heterocycles. The van der Waals surface area contributed by atoms with Crippen LogP contribution in [-0.4, -0.2) is 31.5 Å². The van der Waals surface area contributed by atoms with E-state index in [9.17, 15) is 9.18 Å². The molecule has 6 heteroatoms. The van der Waals surface area contributed by atoms with Crippen LogP contribution in [0.1, 0.15) is 30.8 Å². The minimum atomic E-state index is -0.568. The van der Waals surface area contributed by atoms with Gasteiger partial charge in [0.2, 0.25) is 0 Å². The second kappa shape index (κ2) is 6.29. The van der Waals surface area contributed by atoms with Crippen LogP contribution < -0.4 is 5.32 Å². The van der Waals surface area contributed by atoms with Crippen molar-refractivity contribution in [1.29, 1.82) is 0 Å². The Kier molecular flexibility index (Phi) is 4.37. The quantitative estimate of drug-likeness (QED) is 0.919. The molecule has 5 nitrogen and oxygen atoms in total. The standard InChI is InChI=1S/C17H20FNO4/c1-11(9-17(2)21-5-6-22-17)10-19-16(20)15-8-12-7-13(18)3-4-14(12)23-15/h3-4,7-8,11H,5-6,9-10H2,1-2H3,(H,19,20). The van der Waals surface area contributed by atoms with E-state index in [4.69, 9.17) is 13.9 Å². The second-order valence-electron chi connectivity index (χ2n) is 6.14. The van der Waals surface area contributed by atoms with Crippen molar-refractivity contribution < 1.29 is 23.1 Å². The predicted molar refractivity (Wildman–Crippen MR) is 82.6 cm³/mol. The summed E-state index contributed by atoms with van der Waals surface area (Å²) in [5.41, 5.74) is 0.491. The number of hydrogen-bond donors (Lipinski definition) is 1. The summed E-state index contributed by atoms with van der Waals surface area (Å²) >= 11 is 0. The van der Waals surface area contributed by atoms with Crippen molar-refractivity contribution in [3.8, 4) is 0 Å². The van der Waals surface area contributed by atoms with Gasteiger partial charge in [0.15, 0.2) is 11.5 Å². The van der Waals surface area contributed by atoms with Crippen LogP contribution in [0, 0.1) is 11.7 Å². The first kappa shape index (κ1) is 16.0. The van der Waals surface area contributed by atoms with Gasteiger partial charge >= 0.3 is 0 Å². The lowest BCUT2D eigenvalue weighted by molar-refractivity contribution is -0.153. The van der Waals surface area contributed by atoms with E-state index in [0.717, 1.165) is 0 Å². The molecule has 1 aromatic carbocycles. The first-order chi connectivity index (χ1) is 11.0. The number of halogens is 1. The molecular formula is C17H20FNO4. The van der Waals surface area contributed by atoms with Crippen molar-refractivity contribution in [1.82, 2.24) is 5.32 Å². The van der Waals surface area contributed by atoms with Gasteiger partial charge < -0.3 is 19.2 Å². The Hall–Kier alpha value is -1.92. The summed E-state index contributed by atoms with van der Waals surface area (Å²) in [6.45, 7) is 5.61. The Balaban J connectivity index is 1.57. The fourth-order valence-corrected chi connectivity index (χ4v) is 2.86. The molecule has 1 amide bonds. The van der Waals surface area contributed by atoms with Crippen LogP contribution in [-0.2, 0) is 9.47 Å². The average molecular weight is 321 g/mol. The van der Waals surface area contributed by atoms with Crippen molar-refractivity contribution in [2.45, 2.75) is 26.1 Å². The van der Waals surface area contributed by atoms with Crippen molar-refractivity contribution in [3.63, 3.8) is 0 Å². The van der Waals surface area contributed by atoms with Crippen LogP contribution >= 0.6 is 0 Å². The van der Waals surface area contributed by atoms with E-state index in [-0.39, 0.29) is 23.4 Å². The Morgan fingerprint density at radius 3 is 2.83 bits per heavy atom.